The van der Waals surface area contributed by atoms with Crippen LogP contribution in [0.15, 0.2) is 62.2 Å². The van der Waals surface area contributed by atoms with Crippen LogP contribution in [-0.4, -0.2) is 15.1 Å². The molecular formula is C23H17FN2O4S. The molecule has 0 saturated heterocycles. The Hall–Kier alpha value is -3.65. The van der Waals surface area contributed by atoms with Crippen LogP contribution in [-0.2, 0) is 12.8 Å². The molecule has 8 heteroatoms. The minimum atomic E-state index is -0.344. The van der Waals surface area contributed by atoms with Crippen molar-refractivity contribution in [3.05, 3.63) is 91.7 Å². The molecule has 5 rings (SSSR count). The van der Waals surface area contributed by atoms with Gasteiger partial charge in [-0.3, -0.25) is 9.78 Å². The van der Waals surface area contributed by atoms with E-state index in [4.69, 9.17) is 8.83 Å². The van der Waals surface area contributed by atoms with Gasteiger partial charge in [-0.2, -0.15) is 0 Å². The molecule has 0 radical (unpaired) electrons. The second-order valence-electron chi connectivity index (χ2n) is 7.26. The summed E-state index contributed by atoms with van der Waals surface area (Å²) in [5.74, 6) is 1.32. The fraction of sp³-hybridized carbons (Fsp3) is 0.130. The van der Waals surface area contributed by atoms with Crippen LogP contribution in [0, 0.1) is 12.7 Å². The van der Waals surface area contributed by atoms with Crippen LogP contribution < -0.4 is 4.87 Å². The second-order valence-corrected chi connectivity index (χ2v) is 8.32. The molecule has 156 valence electrons. The molecule has 0 fully saturated rings. The maximum Gasteiger partial charge on any atom is 0.307 e. The molecule has 31 heavy (non-hydrogen) atoms. The summed E-state index contributed by atoms with van der Waals surface area (Å²) in [6.07, 6.45) is 0.889. The number of aromatic amines is 1. The SMILES string of the molecule is Cc1oc(-c2cccc(F)c2)nc1Cc1cc2cc(Cc3sc(=O)[nH]c3O)ccc2o1. The van der Waals surface area contributed by atoms with Gasteiger partial charge in [0.25, 0.3) is 0 Å². The highest BCUT2D eigenvalue weighted by Crippen LogP contribution is 2.28. The number of nitrogens with one attached hydrogen (secondary N) is 1. The minimum absolute atomic E-state index is 0.0846. The van der Waals surface area contributed by atoms with Gasteiger partial charge in [0.1, 0.15) is 22.9 Å². The topological polar surface area (TPSA) is 92.3 Å². The molecule has 0 aliphatic rings. The van der Waals surface area contributed by atoms with E-state index in [1.54, 1.807) is 12.1 Å². The third-order valence-corrected chi connectivity index (χ3v) is 5.87. The van der Waals surface area contributed by atoms with Crippen molar-refractivity contribution in [3.63, 3.8) is 0 Å². The molecular weight excluding hydrogens is 419 g/mol. The number of thiazole rings is 1. The number of hydrogen-bond acceptors (Lipinski definition) is 6. The van der Waals surface area contributed by atoms with Gasteiger partial charge >= 0.3 is 4.87 Å². The van der Waals surface area contributed by atoms with Crippen molar-refractivity contribution in [1.82, 2.24) is 9.97 Å². The number of furan rings is 1. The standard InChI is InChI=1S/C23H17FN2O4S/c1-12-18(25-22(29-12)14-3-2-4-16(24)9-14)11-17-10-15-7-13(5-6-19(15)30-17)8-20-21(27)26-23(28)31-20/h2-7,9-10,27H,8,11H2,1H3,(H,26,28). The average molecular weight is 436 g/mol. The van der Waals surface area contributed by atoms with Crippen LogP contribution in [0.2, 0.25) is 0 Å². The molecule has 5 aromatic rings. The molecule has 0 atom stereocenters. The van der Waals surface area contributed by atoms with Gasteiger partial charge in [0.05, 0.1) is 17.0 Å². The van der Waals surface area contributed by atoms with Gasteiger partial charge < -0.3 is 13.9 Å². The summed E-state index contributed by atoms with van der Waals surface area (Å²) in [4.78, 5) is 18.6. The molecule has 0 amide bonds. The van der Waals surface area contributed by atoms with Crippen molar-refractivity contribution in [3.8, 4) is 17.3 Å². The Morgan fingerprint density at radius 2 is 2.00 bits per heavy atom. The molecule has 0 aliphatic carbocycles. The van der Waals surface area contributed by atoms with Crippen LogP contribution in [0.1, 0.15) is 27.7 Å². The normalized spacial score (nSPS) is 11.4. The first-order chi connectivity index (χ1) is 14.9. The largest absolute Gasteiger partial charge is 0.494 e. The summed E-state index contributed by atoms with van der Waals surface area (Å²) >= 11 is 0.998. The third kappa shape index (κ3) is 3.89. The van der Waals surface area contributed by atoms with E-state index in [-0.39, 0.29) is 16.6 Å². The van der Waals surface area contributed by atoms with Gasteiger partial charge in [0.15, 0.2) is 0 Å². The number of hydrogen-bond donors (Lipinski definition) is 2. The molecule has 2 aromatic carbocycles. The lowest BCUT2D eigenvalue weighted by atomic mass is 10.1. The molecule has 0 aliphatic heterocycles. The summed E-state index contributed by atoms with van der Waals surface area (Å²) in [6, 6.07) is 13.8. The lowest BCUT2D eigenvalue weighted by Gasteiger charge is -1.99. The van der Waals surface area contributed by atoms with Crippen LogP contribution in [0.4, 0.5) is 4.39 Å². The zero-order valence-electron chi connectivity index (χ0n) is 16.4. The Bertz CT molecular complexity index is 1460. The molecule has 0 bridgehead atoms. The first kappa shape index (κ1) is 19.3. The number of halogens is 1. The van der Waals surface area contributed by atoms with Gasteiger partial charge in [-0.1, -0.05) is 23.5 Å². The molecule has 0 saturated carbocycles. The molecule has 3 aromatic heterocycles. The summed E-state index contributed by atoms with van der Waals surface area (Å²) in [5.41, 5.74) is 2.99. The highest BCUT2D eigenvalue weighted by atomic mass is 32.1. The van der Waals surface area contributed by atoms with Crippen molar-refractivity contribution in [1.29, 1.82) is 0 Å². The van der Waals surface area contributed by atoms with Crippen LogP contribution >= 0.6 is 11.3 Å². The molecule has 2 N–H and O–H groups in total. The smallest absolute Gasteiger partial charge is 0.307 e. The first-order valence-electron chi connectivity index (χ1n) is 9.59. The number of aromatic hydroxyl groups is 1. The number of fused-ring (bicyclic) bond motifs is 1. The van der Waals surface area contributed by atoms with E-state index in [0.29, 0.717) is 34.9 Å². The number of rotatable bonds is 5. The van der Waals surface area contributed by atoms with Gasteiger partial charge in [0, 0.05) is 17.4 Å². The zero-order chi connectivity index (χ0) is 21.5. The van der Waals surface area contributed by atoms with Gasteiger partial charge in [-0.15, -0.1) is 0 Å². The van der Waals surface area contributed by atoms with Crippen LogP contribution in [0.3, 0.4) is 0 Å². The Morgan fingerprint density at radius 3 is 2.77 bits per heavy atom. The number of aryl methyl sites for hydroxylation is 1. The summed E-state index contributed by atoms with van der Waals surface area (Å²) in [7, 11) is 0. The molecule has 6 nitrogen and oxygen atoms in total. The minimum Gasteiger partial charge on any atom is -0.494 e. The summed E-state index contributed by atoms with van der Waals surface area (Å²) in [5, 5.41) is 10.7. The zero-order valence-corrected chi connectivity index (χ0v) is 17.3. The van der Waals surface area contributed by atoms with Crippen molar-refractivity contribution in [2.45, 2.75) is 19.8 Å². The summed E-state index contributed by atoms with van der Waals surface area (Å²) in [6.45, 7) is 1.82. The van der Waals surface area contributed by atoms with Gasteiger partial charge in [0.2, 0.25) is 11.8 Å². The van der Waals surface area contributed by atoms with E-state index in [1.165, 1.54) is 12.1 Å². The van der Waals surface area contributed by atoms with Gasteiger partial charge in [-0.05, 0) is 48.9 Å². The molecule has 3 heterocycles. The number of oxazole rings is 1. The Labute approximate surface area is 179 Å². The lowest BCUT2D eigenvalue weighted by molar-refractivity contribution is 0.451. The van der Waals surface area contributed by atoms with Gasteiger partial charge in [-0.25, -0.2) is 9.37 Å². The first-order valence-corrected chi connectivity index (χ1v) is 10.4. The Balaban J connectivity index is 1.40. The summed E-state index contributed by atoms with van der Waals surface area (Å²) < 4.78 is 25.2. The van der Waals surface area contributed by atoms with E-state index in [2.05, 4.69) is 9.97 Å². The fourth-order valence-corrected chi connectivity index (χ4v) is 4.26. The number of H-pyrrole nitrogens is 1. The monoisotopic (exact) mass is 436 g/mol. The number of nitrogens with zero attached hydrogens (tertiary/aromatic N) is 1. The second kappa shape index (κ2) is 7.55. The molecule has 0 unspecified atom stereocenters. The van der Waals surface area contributed by atoms with Crippen LogP contribution in [0.5, 0.6) is 5.88 Å². The Kier molecular flexibility index (Phi) is 4.71. The van der Waals surface area contributed by atoms with Crippen LogP contribution in [0.25, 0.3) is 22.4 Å². The predicted molar refractivity (Wildman–Crippen MR) is 115 cm³/mol. The fourth-order valence-electron chi connectivity index (χ4n) is 3.50. The van der Waals surface area contributed by atoms with Crippen molar-refractivity contribution in [2.24, 2.45) is 0 Å². The van der Waals surface area contributed by atoms with E-state index in [9.17, 15) is 14.3 Å². The average Bonchev–Trinajstić information content (AvgIpc) is 3.39. The van der Waals surface area contributed by atoms with E-state index in [1.807, 2.05) is 31.2 Å². The number of aromatic nitrogens is 2. The maximum atomic E-state index is 13.5. The lowest BCUT2D eigenvalue weighted by Crippen LogP contribution is -1.89. The predicted octanol–water partition coefficient (Wildman–Crippen LogP) is 5.17. The Morgan fingerprint density at radius 1 is 1.13 bits per heavy atom. The van der Waals surface area contributed by atoms with E-state index >= 15 is 0 Å². The van der Waals surface area contributed by atoms with Crippen molar-refractivity contribution in [2.75, 3.05) is 0 Å². The highest BCUT2D eigenvalue weighted by Gasteiger charge is 2.15. The maximum absolute atomic E-state index is 13.5. The van der Waals surface area contributed by atoms with E-state index in [0.717, 1.165) is 39.3 Å². The quantitative estimate of drug-likeness (QED) is 0.396. The molecule has 0 spiro atoms. The third-order valence-electron chi connectivity index (χ3n) is 5.00. The van der Waals surface area contributed by atoms with E-state index < -0.39 is 0 Å². The van der Waals surface area contributed by atoms with Crippen molar-refractivity contribution < 1.29 is 18.3 Å². The van der Waals surface area contributed by atoms with Crippen molar-refractivity contribution >= 4 is 22.3 Å². The number of benzene rings is 2. The highest BCUT2D eigenvalue weighted by molar-refractivity contribution is 7.09.